The highest BCUT2D eigenvalue weighted by molar-refractivity contribution is 6.07. The van der Waals surface area contributed by atoms with E-state index >= 15 is 0 Å². The summed E-state index contributed by atoms with van der Waals surface area (Å²) in [6, 6.07) is 9.53. The Bertz CT molecular complexity index is 686. The van der Waals surface area contributed by atoms with E-state index in [1.807, 2.05) is 0 Å². The fourth-order valence-corrected chi connectivity index (χ4v) is 1.68. The Morgan fingerprint density at radius 2 is 1.80 bits per heavy atom. The van der Waals surface area contributed by atoms with Crippen LogP contribution in [0.25, 0.3) is 0 Å². The van der Waals surface area contributed by atoms with Crippen LogP contribution in [0, 0.1) is 5.82 Å². The van der Waals surface area contributed by atoms with Crippen LogP contribution in [0.2, 0.25) is 0 Å². The molecule has 0 bridgehead atoms. The van der Waals surface area contributed by atoms with Crippen LogP contribution in [0.1, 0.15) is 20.7 Å². The average molecular weight is 274 g/mol. The SMILES string of the molecule is Nc1ccc(C(=O)Nc2ccccc2C(=O)O)c(F)c1. The smallest absolute Gasteiger partial charge is 0.337 e. The molecule has 2 rings (SSSR count). The molecule has 102 valence electrons. The van der Waals surface area contributed by atoms with Crippen molar-refractivity contribution in [2.75, 3.05) is 11.1 Å². The monoisotopic (exact) mass is 274 g/mol. The van der Waals surface area contributed by atoms with E-state index in [9.17, 15) is 14.0 Å². The summed E-state index contributed by atoms with van der Waals surface area (Å²) in [5.74, 6) is -2.69. The van der Waals surface area contributed by atoms with Gasteiger partial charge in [0.2, 0.25) is 0 Å². The molecule has 0 spiro atoms. The minimum Gasteiger partial charge on any atom is -0.478 e. The molecule has 0 fully saturated rings. The number of carbonyl (C=O) groups is 2. The molecule has 2 aromatic carbocycles. The van der Waals surface area contributed by atoms with E-state index in [0.29, 0.717) is 0 Å². The molecule has 4 N–H and O–H groups in total. The third-order valence-corrected chi connectivity index (χ3v) is 2.64. The molecule has 0 aliphatic heterocycles. The van der Waals surface area contributed by atoms with E-state index in [2.05, 4.69) is 5.32 Å². The molecule has 0 saturated carbocycles. The summed E-state index contributed by atoms with van der Waals surface area (Å²) in [6.45, 7) is 0. The number of nitrogens with two attached hydrogens (primary N) is 1. The van der Waals surface area contributed by atoms with Crippen LogP contribution < -0.4 is 11.1 Å². The molecule has 20 heavy (non-hydrogen) atoms. The van der Waals surface area contributed by atoms with Gasteiger partial charge in [0.1, 0.15) is 5.82 Å². The van der Waals surface area contributed by atoms with Crippen LogP contribution in [0.5, 0.6) is 0 Å². The predicted molar refractivity (Wildman–Crippen MR) is 72.2 cm³/mol. The van der Waals surface area contributed by atoms with Crippen LogP contribution >= 0.6 is 0 Å². The van der Waals surface area contributed by atoms with Gasteiger partial charge in [-0.2, -0.15) is 0 Å². The van der Waals surface area contributed by atoms with Gasteiger partial charge in [0.25, 0.3) is 5.91 Å². The lowest BCUT2D eigenvalue weighted by molar-refractivity contribution is 0.0698. The second kappa shape index (κ2) is 5.40. The molecule has 1 amide bonds. The maximum atomic E-state index is 13.6. The van der Waals surface area contributed by atoms with Crippen molar-refractivity contribution >= 4 is 23.3 Å². The minimum atomic E-state index is -1.18. The van der Waals surface area contributed by atoms with Crippen molar-refractivity contribution in [3.05, 3.63) is 59.4 Å². The zero-order valence-corrected chi connectivity index (χ0v) is 10.3. The van der Waals surface area contributed by atoms with Crippen LogP contribution in [-0.4, -0.2) is 17.0 Å². The van der Waals surface area contributed by atoms with Crippen molar-refractivity contribution in [2.24, 2.45) is 0 Å². The molecule has 0 radical (unpaired) electrons. The Labute approximate surface area is 113 Å². The molecule has 6 heteroatoms. The van der Waals surface area contributed by atoms with Crippen LogP contribution in [0.15, 0.2) is 42.5 Å². The number of halogens is 1. The number of anilines is 2. The Hall–Kier alpha value is -2.89. The van der Waals surface area contributed by atoms with Crippen molar-refractivity contribution in [3.8, 4) is 0 Å². The molecule has 5 nitrogen and oxygen atoms in total. The molecule has 0 aromatic heterocycles. The Balaban J connectivity index is 2.30. The van der Waals surface area contributed by atoms with Crippen molar-refractivity contribution in [2.45, 2.75) is 0 Å². The summed E-state index contributed by atoms with van der Waals surface area (Å²) in [5, 5.41) is 11.4. The average Bonchev–Trinajstić information content (AvgIpc) is 2.38. The van der Waals surface area contributed by atoms with E-state index in [4.69, 9.17) is 10.8 Å². The highest BCUT2D eigenvalue weighted by Gasteiger charge is 2.15. The Morgan fingerprint density at radius 1 is 1.10 bits per heavy atom. The Morgan fingerprint density at radius 3 is 2.45 bits per heavy atom. The first kappa shape index (κ1) is 13.5. The quantitative estimate of drug-likeness (QED) is 0.749. The molecule has 0 saturated heterocycles. The van der Waals surface area contributed by atoms with Gasteiger partial charge in [-0.25, -0.2) is 9.18 Å². The van der Waals surface area contributed by atoms with E-state index in [1.54, 1.807) is 6.07 Å². The van der Waals surface area contributed by atoms with Crippen molar-refractivity contribution in [3.63, 3.8) is 0 Å². The summed E-state index contributed by atoms with van der Waals surface area (Å²) in [7, 11) is 0. The lowest BCUT2D eigenvalue weighted by atomic mass is 10.1. The molecule has 0 unspecified atom stereocenters. The summed E-state index contributed by atoms with van der Waals surface area (Å²) in [6.07, 6.45) is 0. The van der Waals surface area contributed by atoms with Gasteiger partial charge in [0, 0.05) is 5.69 Å². The summed E-state index contributed by atoms with van der Waals surface area (Å²) in [4.78, 5) is 22.9. The number of rotatable bonds is 3. The maximum Gasteiger partial charge on any atom is 0.337 e. The lowest BCUT2D eigenvalue weighted by Gasteiger charge is -2.09. The van der Waals surface area contributed by atoms with Gasteiger partial charge >= 0.3 is 5.97 Å². The highest BCUT2D eigenvalue weighted by atomic mass is 19.1. The maximum absolute atomic E-state index is 13.6. The molecular formula is C14H11FN2O3. The number of para-hydroxylation sites is 1. The second-order valence-corrected chi connectivity index (χ2v) is 4.04. The molecule has 0 heterocycles. The first-order chi connectivity index (χ1) is 9.49. The van der Waals surface area contributed by atoms with Gasteiger partial charge in [-0.05, 0) is 30.3 Å². The first-order valence-electron chi connectivity index (χ1n) is 5.67. The van der Waals surface area contributed by atoms with Gasteiger partial charge in [-0.3, -0.25) is 4.79 Å². The third kappa shape index (κ3) is 2.74. The highest BCUT2D eigenvalue weighted by Crippen LogP contribution is 2.18. The zero-order valence-electron chi connectivity index (χ0n) is 10.3. The number of aromatic carboxylic acids is 1. The van der Waals surface area contributed by atoms with E-state index in [1.165, 1.54) is 30.3 Å². The van der Waals surface area contributed by atoms with E-state index in [0.717, 1.165) is 6.07 Å². The number of hydrogen-bond acceptors (Lipinski definition) is 3. The number of hydrogen-bond donors (Lipinski definition) is 3. The van der Waals surface area contributed by atoms with Crippen molar-refractivity contribution < 1.29 is 19.1 Å². The molecule has 2 aromatic rings. The topological polar surface area (TPSA) is 92.4 Å². The van der Waals surface area contributed by atoms with E-state index in [-0.39, 0.29) is 22.5 Å². The number of benzene rings is 2. The van der Waals surface area contributed by atoms with Gasteiger partial charge < -0.3 is 16.2 Å². The largest absolute Gasteiger partial charge is 0.478 e. The standard InChI is InChI=1S/C14H11FN2O3/c15-11-7-8(16)5-6-9(11)13(18)17-12-4-2-1-3-10(12)14(19)20/h1-7H,16H2,(H,17,18)(H,19,20). The number of nitrogens with one attached hydrogen (secondary N) is 1. The number of amides is 1. The van der Waals surface area contributed by atoms with Crippen molar-refractivity contribution in [1.82, 2.24) is 0 Å². The van der Waals surface area contributed by atoms with Crippen LogP contribution in [0.4, 0.5) is 15.8 Å². The van der Waals surface area contributed by atoms with Gasteiger partial charge in [0.05, 0.1) is 16.8 Å². The minimum absolute atomic E-state index is 0.0725. The molecular weight excluding hydrogens is 263 g/mol. The molecule has 0 aliphatic carbocycles. The summed E-state index contributed by atoms with van der Waals surface area (Å²) in [5.41, 5.74) is 5.41. The number of carbonyl (C=O) groups excluding carboxylic acids is 1. The van der Waals surface area contributed by atoms with Crippen molar-refractivity contribution in [1.29, 1.82) is 0 Å². The predicted octanol–water partition coefficient (Wildman–Crippen LogP) is 2.36. The molecule has 0 atom stereocenters. The first-order valence-corrected chi connectivity index (χ1v) is 5.67. The van der Waals surface area contributed by atoms with Gasteiger partial charge in [0.15, 0.2) is 0 Å². The number of carboxylic acids is 1. The van der Waals surface area contributed by atoms with E-state index < -0.39 is 17.7 Å². The zero-order chi connectivity index (χ0) is 14.7. The van der Waals surface area contributed by atoms with Crippen LogP contribution in [-0.2, 0) is 0 Å². The summed E-state index contributed by atoms with van der Waals surface area (Å²) >= 11 is 0. The third-order valence-electron chi connectivity index (χ3n) is 2.64. The van der Waals surface area contributed by atoms with Gasteiger partial charge in [-0.15, -0.1) is 0 Å². The fourth-order valence-electron chi connectivity index (χ4n) is 1.68. The lowest BCUT2D eigenvalue weighted by Crippen LogP contribution is -2.16. The normalized spacial score (nSPS) is 10.1. The second-order valence-electron chi connectivity index (χ2n) is 4.04. The van der Waals surface area contributed by atoms with Gasteiger partial charge in [-0.1, -0.05) is 12.1 Å². The number of carboxylic acid groups (broad SMARTS) is 1. The Kier molecular flexibility index (Phi) is 3.65. The number of nitrogen functional groups attached to an aromatic ring is 1. The summed E-state index contributed by atoms with van der Waals surface area (Å²) < 4.78 is 13.6. The molecule has 0 aliphatic rings. The fraction of sp³-hybridized carbons (Fsp3) is 0. The van der Waals surface area contributed by atoms with Crippen LogP contribution in [0.3, 0.4) is 0 Å².